The summed E-state index contributed by atoms with van der Waals surface area (Å²) in [4.78, 5) is 89.6. The lowest BCUT2D eigenvalue weighted by molar-refractivity contribution is -0.127. The summed E-state index contributed by atoms with van der Waals surface area (Å²) in [6, 6.07) is 0.700. The van der Waals surface area contributed by atoms with Gasteiger partial charge in [0.05, 0.1) is 31.5 Å². The van der Waals surface area contributed by atoms with Gasteiger partial charge in [0.2, 0.25) is 0 Å². The number of phosphoric ester groups is 2. The lowest BCUT2D eigenvalue weighted by atomic mass is 9.96. The van der Waals surface area contributed by atoms with Crippen molar-refractivity contribution in [3.05, 3.63) is 66.2 Å². The van der Waals surface area contributed by atoms with Gasteiger partial charge in [-0.2, -0.15) is 12.9 Å². The highest BCUT2D eigenvalue weighted by molar-refractivity contribution is 7.69. The molecule has 0 aliphatic rings. The van der Waals surface area contributed by atoms with E-state index in [-0.39, 0.29) is 0 Å². The lowest BCUT2D eigenvalue weighted by Gasteiger charge is -2.30. The Labute approximate surface area is 291 Å². The molecule has 30 heteroatoms. The summed E-state index contributed by atoms with van der Waals surface area (Å²) in [5, 5.41) is 41.9. The van der Waals surface area contributed by atoms with E-state index in [9.17, 15) is 77.4 Å². The van der Waals surface area contributed by atoms with E-state index in [1.54, 1.807) is 0 Å². The maximum atomic E-state index is 12.3. The van der Waals surface area contributed by atoms with Gasteiger partial charge in [0.25, 0.3) is 11.1 Å². The van der Waals surface area contributed by atoms with E-state index in [0.717, 1.165) is 50.1 Å². The van der Waals surface area contributed by atoms with Gasteiger partial charge in [-0.05, 0) is 6.92 Å². The highest BCUT2D eigenvalue weighted by Gasteiger charge is 2.46. The third-order valence-corrected chi connectivity index (χ3v) is 12.8. The number of rotatable bonds is 21. The number of hydrogen-bond acceptors (Lipinski definition) is 18. The summed E-state index contributed by atoms with van der Waals surface area (Å²) in [6.45, 7) is 1.51. The molecular formula is C22H38N4O22P4. The number of methoxy groups -OCH3 is 1. The third kappa shape index (κ3) is 13.5. The van der Waals surface area contributed by atoms with Crippen LogP contribution in [0.4, 0.5) is 0 Å². The van der Waals surface area contributed by atoms with Crippen LogP contribution in [0.2, 0.25) is 0 Å². The summed E-state index contributed by atoms with van der Waals surface area (Å²) in [6.07, 6.45) is -7.07. The van der Waals surface area contributed by atoms with E-state index in [1.807, 2.05) is 9.97 Å². The zero-order chi connectivity index (χ0) is 40.0. The van der Waals surface area contributed by atoms with E-state index < -0.39 is 116 Å². The predicted molar refractivity (Wildman–Crippen MR) is 170 cm³/mol. The molecule has 2 rings (SSSR count). The molecule has 0 aromatic carbocycles. The monoisotopic (exact) mass is 834 g/mol. The summed E-state index contributed by atoms with van der Waals surface area (Å²) in [5.41, 5.74) is -3.48. The first-order chi connectivity index (χ1) is 23.7. The largest absolute Gasteiger partial charge is 0.490 e. The molecule has 52 heavy (non-hydrogen) atoms. The van der Waals surface area contributed by atoms with Gasteiger partial charge in [0.1, 0.15) is 12.2 Å². The molecule has 0 spiro atoms. The van der Waals surface area contributed by atoms with Crippen LogP contribution in [0.25, 0.3) is 0 Å². The molecule has 298 valence electrons. The van der Waals surface area contributed by atoms with E-state index in [0.29, 0.717) is 4.57 Å². The van der Waals surface area contributed by atoms with Gasteiger partial charge in [-0.25, -0.2) is 27.8 Å². The lowest BCUT2D eigenvalue weighted by Crippen LogP contribution is -2.45. The van der Waals surface area contributed by atoms with Gasteiger partial charge in [0, 0.05) is 43.5 Å². The van der Waals surface area contributed by atoms with Crippen molar-refractivity contribution in [2.24, 2.45) is 11.8 Å². The molecule has 0 saturated carbocycles. The van der Waals surface area contributed by atoms with Gasteiger partial charge in [-0.1, -0.05) is 13.8 Å². The number of ether oxygens (including phenoxy) is 1. The Hall–Kier alpha value is -2.28. The van der Waals surface area contributed by atoms with Crippen LogP contribution in [-0.2, 0) is 45.0 Å². The first-order valence-corrected chi connectivity index (χ1v) is 20.3. The molecule has 0 aliphatic heterocycles. The van der Waals surface area contributed by atoms with Crippen molar-refractivity contribution in [1.29, 1.82) is 0 Å². The van der Waals surface area contributed by atoms with Crippen LogP contribution in [0.1, 0.15) is 33.0 Å². The van der Waals surface area contributed by atoms with E-state index in [2.05, 4.69) is 22.0 Å². The van der Waals surface area contributed by atoms with Crippen molar-refractivity contribution in [1.82, 2.24) is 19.1 Å². The summed E-state index contributed by atoms with van der Waals surface area (Å²) in [7, 11) is -22.8. The Balaban J connectivity index is 1.97. The predicted octanol–water partition coefficient (Wildman–Crippen LogP) is -2.01. The molecule has 0 bridgehead atoms. The van der Waals surface area contributed by atoms with Crippen LogP contribution in [-0.4, -0.2) is 104 Å². The van der Waals surface area contributed by atoms with Gasteiger partial charge >= 0.3 is 42.7 Å². The third-order valence-electron chi connectivity index (χ3n) is 6.93. The van der Waals surface area contributed by atoms with Gasteiger partial charge in [-0.3, -0.25) is 37.7 Å². The van der Waals surface area contributed by atoms with Crippen molar-refractivity contribution in [2.75, 3.05) is 20.3 Å². The molecule has 0 fully saturated rings. The fourth-order valence-electron chi connectivity index (χ4n) is 4.17. The summed E-state index contributed by atoms with van der Waals surface area (Å²) in [5.74, 6) is -2.63. The number of aromatic amines is 2. The van der Waals surface area contributed by atoms with Crippen molar-refractivity contribution in [3.63, 3.8) is 0 Å². The Morgan fingerprint density at radius 1 is 0.615 bits per heavy atom. The van der Waals surface area contributed by atoms with Crippen molar-refractivity contribution < 1.29 is 85.0 Å². The molecular weight excluding hydrogens is 796 g/mol. The smallest absolute Gasteiger partial charge is 0.390 e. The van der Waals surface area contributed by atoms with Gasteiger partial charge in [0.15, 0.2) is 6.23 Å². The fourth-order valence-corrected chi connectivity index (χ4v) is 9.30. The van der Waals surface area contributed by atoms with Crippen LogP contribution in [0, 0.1) is 11.8 Å². The molecule has 0 radical (unpaired) electrons. The number of aliphatic hydroxyl groups excluding tert-OH is 4. The second-order valence-electron chi connectivity index (χ2n) is 11.0. The number of nitrogens with zero attached hydrogens (tertiary/aromatic N) is 2. The fraction of sp³-hybridized carbons (Fsp3) is 0.636. The molecule has 12 unspecified atom stereocenters. The van der Waals surface area contributed by atoms with Crippen molar-refractivity contribution in [2.45, 2.75) is 57.5 Å². The molecule has 2 aromatic rings. The van der Waals surface area contributed by atoms with Crippen LogP contribution in [0.3, 0.4) is 0 Å². The molecule has 12 atom stereocenters. The molecule has 0 amide bonds. The second-order valence-corrected chi connectivity index (χ2v) is 17.3. The Morgan fingerprint density at radius 3 is 1.37 bits per heavy atom. The minimum atomic E-state index is -6.19. The topological polar surface area (TPSA) is 395 Å². The molecule has 2 aromatic heterocycles. The quantitative estimate of drug-likeness (QED) is 0.0608. The van der Waals surface area contributed by atoms with Crippen molar-refractivity contribution in [3.8, 4) is 0 Å². The number of nitrogens with one attached hydrogen (secondary N) is 2. The average Bonchev–Trinajstić information content (AvgIpc) is 3.00. The maximum absolute atomic E-state index is 12.3. The summed E-state index contributed by atoms with van der Waals surface area (Å²) < 4.78 is 75.9. The molecule has 26 nitrogen and oxygen atoms in total. The number of aliphatic hydroxyl groups is 4. The van der Waals surface area contributed by atoms with Gasteiger partial charge in [-0.15, -0.1) is 0 Å². The Morgan fingerprint density at radius 2 is 0.981 bits per heavy atom. The number of H-pyrrole nitrogens is 2. The Bertz CT molecular complexity index is 1950. The average molecular weight is 834 g/mol. The second kappa shape index (κ2) is 18.4. The standard InChI is InChI=1S/C22H38N4O22P4/c1-11(16(29)18(31)13(3)25-7-5-14(27)23-21(25)33)9-44-49(35,36)46-51(39,40)48-52(41,42)47-50(37,38)45-10-12(2)17(30)19(32)20(43-4)26-8-6-15(28)24-22(26)34/h5-8,11-13,16-20,29-32H,9-10H2,1-4H3,(H,35,36)(H,37,38)(H,39,40)(H,41,42)(H,23,27,33)(H,24,28,34). The number of hydrogen-bond donors (Lipinski definition) is 10. The molecule has 2 heterocycles. The zero-order valence-electron chi connectivity index (χ0n) is 27.3. The first-order valence-electron chi connectivity index (χ1n) is 14.3. The van der Waals surface area contributed by atoms with Crippen LogP contribution >= 0.6 is 31.3 Å². The summed E-state index contributed by atoms with van der Waals surface area (Å²) >= 11 is 0. The van der Waals surface area contributed by atoms with Gasteiger partial charge < -0.3 is 44.7 Å². The number of phosphoric acid groups is 4. The van der Waals surface area contributed by atoms with E-state index in [1.165, 1.54) is 6.92 Å². The van der Waals surface area contributed by atoms with Crippen LogP contribution < -0.4 is 22.5 Å². The maximum Gasteiger partial charge on any atom is 0.490 e. The molecule has 0 aliphatic carbocycles. The first kappa shape index (κ1) is 45.9. The minimum Gasteiger partial charge on any atom is -0.390 e. The molecule has 0 saturated heterocycles. The zero-order valence-corrected chi connectivity index (χ0v) is 30.9. The van der Waals surface area contributed by atoms with E-state index in [4.69, 9.17) is 4.74 Å². The minimum absolute atomic E-state index is 0.700. The molecule has 10 N–H and O–H groups in total. The highest BCUT2D eigenvalue weighted by Crippen LogP contribution is 2.71. The van der Waals surface area contributed by atoms with E-state index >= 15 is 0 Å². The van der Waals surface area contributed by atoms with Crippen molar-refractivity contribution >= 4 is 31.3 Å². The number of aromatic nitrogens is 4. The Kier molecular flexibility index (Phi) is 16.2. The van der Waals surface area contributed by atoms with Crippen LogP contribution in [0.5, 0.6) is 0 Å². The SMILES string of the molecule is COC(C(O)C(O)C(C)COP(=O)(O)OP(=O)(O)OP(=O)(O)OP(=O)(O)OCC(C)C(O)C(O)C(C)n1ccc(=O)[nH]c1=O)n1ccc(=O)[nH]c1=O. The van der Waals surface area contributed by atoms with Crippen LogP contribution in [0.15, 0.2) is 43.7 Å². The normalized spacial score (nSPS) is 21.5. The highest BCUT2D eigenvalue weighted by atomic mass is 31.3.